The van der Waals surface area contributed by atoms with Gasteiger partial charge in [-0.3, -0.25) is 0 Å². The van der Waals surface area contributed by atoms with E-state index in [1.165, 1.54) is 0 Å². The van der Waals surface area contributed by atoms with Gasteiger partial charge in [0.1, 0.15) is 0 Å². The Morgan fingerprint density at radius 2 is 1.81 bits per heavy atom. The highest BCUT2D eigenvalue weighted by molar-refractivity contribution is 5.74. The van der Waals surface area contributed by atoms with E-state index in [0.29, 0.717) is 24.6 Å². The summed E-state index contributed by atoms with van der Waals surface area (Å²) in [6.45, 7) is 0.793. The molecule has 140 valence electrons. The number of aromatic nitrogens is 2. The summed E-state index contributed by atoms with van der Waals surface area (Å²) in [6, 6.07) is 13.2. The first-order chi connectivity index (χ1) is 13.2. The molecule has 0 fully saturated rings. The Bertz CT molecular complexity index is 894. The molecule has 0 bridgehead atoms. The van der Waals surface area contributed by atoms with Crippen LogP contribution in [-0.2, 0) is 13.1 Å². The average Bonchev–Trinajstić information content (AvgIpc) is 3.25. The van der Waals surface area contributed by atoms with Crippen molar-refractivity contribution in [2.45, 2.75) is 13.1 Å². The molecule has 7 nitrogen and oxygen atoms in total. The zero-order valence-electron chi connectivity index (χ0n) is 15.3. The van der Waals surface area contributed by atoms with E-state index in [1.807, 2.05) is 53.2 Å². The molecule has 1 heterocycles. The fourth-order valence-electron chi connectivity index (χ4n) is 2.72. The van der Waals surface area contributed by atoms with Gasteiger partial charge in [-0.05, 0) is 29.3 Å². The molecular formula is C20H22N4O3. The highest BCUT2D eigenvalue weighted by Gasteiger charge is 2.08. The third-order valence-corrected chi connectivity index (χ3v) is 4.11. The van der Waals surface area contributed by atoms with Crippen molar-refractivity contribution in [2.24, 2.45) is 0 Å². The second-order valence-corrected chi connectivity index (χ2v) is 5.82. The number of methoxy groups -OCH3 is 2. The van der Waals surface area contributed by atoms with Crippen LogP contribution in [0.15, 0.2) is 61.2 Å². The van der Waals surface area contributed by atoms with Crippen molar-refractivity contribution in [3.8, 4) is 17.2 Å². The van der Waals surface area contributed by atoms with E-state index in [1.54, 1.807) is 26.7 Å². The van der Waals surface area contributed by atoms with E-state index in [2.05, 4.69) is 15.6 Å². The van der Waals surface area contributed by atoms with Gasteiger partial charge in [-0.25, -0.2) is 9.78 Å². The summed E-state index contributed by atoms with van der Waals surface area (Å²) in [5.74, 6) is 1.29. The van der Waals surface area contributed by atoms with Crippen molar-refractivity contribution >= 4 is 6.03 Å². The zero-order valence-corrected chi connectivity index (χ0v) is 15.3. The van der Waals surface area contributed by atoms with Gasteiger partial charge in [-0.2, -0.15) is 0 Å². The summed E-state index contributed by atoms with van der Waals surface area (Å²) >= 11 is 0. The number of carbonyl (C=O) groups excluding carboxylic acids is 1. The maximum atomic E-state index is 12.2. The van der Waals surface area contributed by atoms with E-state index in [9.17, 15) is 4.79 Å². The largest absolute Gasteiger partial charge is 0.493 e. The quantitative estimate of drug-likeness (QED) is 0.674. The van der Waals surface area contributed by atoms with E-state index < -0.39 is 0 Å². The van der Waals surface area contributed by atoms with Crippen LogP contribution < -0.4 is 20.1 Å². The van der Waals surface area contributed by atoms with Crippen molar-refractivity contribution in [1.82, 2.24) is 20.2 Å². The van der Waals surface area contributed by atoms with Crippen LogP contribution >= 0.6 is 0 Å². The molecule has 1 aromatic heterocycles. The van der Waals surface area contributed by atoms with E-state index in [-0.39, 0.29) is 6.03 Å². The lowest BCUT2D eigenvalue weighted by Crippen LogP contribution is -2.34. The molecular weight excluding hydrogens is 344 g/mol. The summed E-state index contributed by atoms with van der Waals surface area (Å²) in [7, 11) is 3.17. The fraction of sp³-hybridized carbons (Fsp3) is 0.200. The normalized spacial score (nSPS) is 10.3. The Morgan fingerprint density at radius 1 is 1.04 bits per heavy atom. The molecule has 0 saturated carbocycles. The number of nitrogens with one attached hydrogen (secondary N) is 2. The van der Waals surface area contributed by atoms with Crippen LogP contribution in [0, 0.1) is 0 Å². The molecule has 0 aliphatic carbocycles. The van der Waals surface area contributed by atoms with Gasteiger partial charge in [-0.15, -0.1) is 0 Å². The molecule has 0 spiro atoms. The number of hydrogen-bond donors (Lipinski definition) is 2. The number of benzene rings is 2. The molecule has 0 radical (unpaired) electrons. The molecule has 27 heavy (non-hydrogen) atoms. The predicted molar refractivity (Wildman–Crippen MR) is 102 cm³/mol. The van der Waals surface area contributed by atoms with Gasteiger partial charge < -0.3 is 24.7 Å². The van der Waals surface area contributed by atoms with E-state index in [0.717, 1.165) is 16.8 Å². The Labute approximate surface area is 157 Å². The number of nitrogens with zero attached hydrogens (tertiary/aromatic N) is 2. The van der Waals surface area contributed by atoms with Crippen molar-refractivity contribution < 1.29 is 14.3 Å². The third kappa shape index (κ3) is 4.58. The molecule has 0 unspecified atom stereocenters. The highest BCUT2D eigenvalue weighted by Crippen LogP contribution is 2.27. The SMILES string of the molecule is COc1ccc(CNC(=O)NCc2ccccc2-n2ccnc2)cc1OC. The molecule has 7 heteroatoms. The van der Waals surface area contributed by atoms with Crippen LogP contribution in [0.1, 0.15) is 11.1 Å². The first-order valence-electron chi connectivity index (χ1n) is 8.50. The summed E-state index contributed by atoms with van der Waals surface area (Å²) < 4.78 is 12.4. The number of ether oxygens (including phenoxy) is 2. The van der Waals surface area contributed by atoms with Crippen LogP contribution in [0.3, 0.4) is 0 Å². The first kappa shape index (κ1) is 18.3. The Hall–Kier alpha value is -3.48. The van der Waals surface area contributed by atoms with Gasteiger partial charge in [0.25, 0.3) is 0 Å². The first-order valence-corrected chi connectivity index (χ1v) is 8.50. The topological polar surface area (TPSA) is 77.4 Å². The lowest BCUT2D eigenvalue weighted by Gasteiger charge is -2.13. The number of amides is 2. The number of para-hydroxylation sites is 1. The number of rotatable bonds is 7. The Morgan fingerprint density at radius 3 is 2.56 bits per heavy atom. The maximum absolute atomic E-state index is 12.2. The third-order valence-electron chi connectivity index (χ3n) is 4.11. The fourth-order valence-corrected chi connectivity index (χ4v) is 2.72. The van der Waals surface area contributed by atoms with E-state index in [4.69, 9.17) is 9.47 Å². The number of hydrogen-bond acceptors (Lipinski definition) is 4. The summed E-state index contributed by atoms with van der Waals surface area (Å²) in [5, 5.41) is 5.73. The van der Waals surface area contributed by atoms with Gasteiger partial charge in [0.2, 0.25) is 0 Å². The summed E-state index contributed by atoms with van der Waals surface area (Å²) in [5.41, 5.74) is 2.90. The van der Waals surface area contributed by atoms with Crippen LogP contribution in [0.5, 0.6) is 11.5 Å². The van der Waals surface area contributed by atoms with Crippen LogP contribution in [-0.4, -0.2) is 29.8 Å². The Kier molecular flexibility index (Phi) is 5.94. The molecule has 0 saturated heterocycles. The molecule has 3 rings (SSSR count). The van der Waals surface area contributed by atoms with Crippen molar-refractivity contribution in [1.29, 1.82) is 0 Å². The second-order valence-electron chi connectivity index (χ2n) is 5.82. The minimum absolute atomic E-state index is 0.245. The van der Waals surface area contributed by atoms with Gasteiger partial charge in [-0.1, -0.05) is 24.3 Å². The standard InChI is InChI=1S/C20H22N4O3/c1-26-18-8-7-15(11-19(18)27-2)12-22-20(25)23-13-16-5-3-4-6-17(16)24-10-9-21-14-24/h3-11,14H,12-13H2,1-2H3,(H2,22,23,25). The van der Waals surface area contributed by atoms with Gasteiger partial charge in [0.05, 0.1) is 26.2 Å². The lowest BCUT2D eigenvalue weighted by atomic mass is 10.1. The molecule has 2 aromatic carbocycles. The smallest absolute Gasteiger partial charge is 0.315 e. The molecule has 0 atom stereocenters. The van der Waals surface area contributed by atoms with Crippen LogP contribution in [0.4, 0.5) is 4.79 Å². The number of urea groups is 1. The monoisotopic (exact) mass is 366 g/mol. The van der Waals surface area contributed by atoms with Crippen molar-refractivity contribution in [3.05, 3.63) is 72.3 Å². The molecule has 2 N–H and O–H groups in total. The molecule has 0 aliphatic heterocycles. The predicted octanol–water partition coefficient (Wildman–Crippen LogP) is 2.89. The molecule has 2 amide bonds. The second kappa shape index (κ2) is 8.75. The average molecular weight is 366 g/mol. The van der Waals surface area contributed by atoms with Gasteiger partial charge in [0, 0.05) is 25.5 Å². The van der Waals surface area contributed by atoms with E-state index >= 15 is 0 Å². The maximum Gasteiger partial charge on any atom is 0.315 e. The molecule has 3 aromatic rings. The zero-order chi connectivity index (χ0) is 19.1. The van der Waals surface area contributed by atoms with Gasteiger partial charge >= 0.3 is 6.03 Å². The van der Waals surface area contributed by atoms with Crippen LogP contribution in [0.25, 0.3) is 5.69 Å². The minimum Gasteiger partial charge on any atom is -0.493 e. The lowest BCUT2D eigenvalue weighted by molar-refractivity contribution is 0.240. The number of carbonyl (C=O) groups is 1. The number of imidazole rings is 1. The van der Waals surface area contributed by atoms with Crippen molar-refractivity contribution in [3.63, 3.8) is 0 Å². The van der Waals surface area contributed by atoms with Crippen LogP contribution in [0.2, 0.25) is 0 Å². The minimum atomic E-state index is -0.245. The Balaban J connectivity index is 1.57. The highest BCUT2D eigenvalue weighted by atomic mass is 16.5. The summed E-state index contributed by atoms with van der Waals surface area (Å²) in [4.78, 5) is 16.2. The molecule has 0 aliphatic rings. The van der Waals surface area contributed by atoms with Crippen molar-refractivity contribution in [2.75, 3.05) is 14.2 Å². The summed E-state index contributed by atoms with van der Waals surface area (Å²) in [6.07, 6.45) is 5.33. The van der Waals surface area contributed by atoms with Gasteiger partial charge in [0.15, 0.2) is 11.5 Å².